The molecule has 0 amide bonds. The number of phenols is 1. The van der Waals surface area contributed by atoms with Crippen LogP contribution in [0.15, 0.2) is 24.3 Å². The monoisotopic (exact) mass is 207 g/mol. The van der Waals surface area contributed by atoms with Gasteiger partial charge in [-0.25, -0.2) is 0 Å². The Labute approximate surface area is 92.3 Å². The fourth-order valence-corrected chi connectivity index (χ4v) is 1.29. The van der Waals surface area contributed by atoms with Gasteiger partial charge in [-0.05, 0) is 36.1 Å². The van der Waals surface area contributed by atoms with E-state index in [0.717, 1.165) is 19.0 Å². The summed E-state index contributed by atoms with van der Waals surface area (Å²) in [5.41, 5.74) is 1.21. The first-order chi connectivity index (χ1) is 7.09. The van der Waals surface area contributed by atoms with Gasteiger partial charge in [0, 0.05) is 6.54 Å². The van der Waals surface area contributed by atoms with Gasteiger partial charge < -0.3 is 10.4 Å². The second-order valence-electron chi connectivity index (χ2n) is 4.52. The van der Waals surface area contributed by atoms with Crippen molar-refractivity contribution < 1.29 is 5.11 Å². The average molecular weight is 207 g/mol. The van der Waals surface area contributed by atoms with E-state index in [0.29, 0.717) is 11.7 Å². The summed E-state index contributed by atoms with van der Waals surface area (Å²) in [4.78, 5) is 0. The van der Waals surface area contributed by atoms with Gasteiger partial charge in [-0.15, -0.1) is 0 Å². The van der Waals surface area contributed by atoms with Gasteiger partial charge >= 0.3 is 0 Å². The Morgan fingerprint density at radius 2 is 1.73 bits per heavy atom. The summed E-state index contributed by atoms with van der Waals surface area (Å²) in [6.07, 6.45) is 0. The van der Waals surface area contributed by atoms with E-state index in [9.17, 15) is 0 Å². The molecule has 0 aromatic heterocycles. The summed E-state index contributed by atoms with van der Waals surface area (Å²) in [5, 5.41) is 12.5. The first kappa shape index (κ1) is 12.1. The lowest BCUT2D eigenvalue weighted by atomic mass is 9.98. The van der Waals surface area contributed by atoms with Crippen molar-refractivity contribution in [2.24, 2.45) is 11.8 Å². The lowest BCUT2D eigenvalue weighted by molar-refractivity contribution is 0.392. The highest BCUT2D eigenvalue weighted by atomic mass is 16.3. The molecule has 0 radical (unpaired) electrons. The van der Waals surface area contributed by atoms with Crippen molar-refractivity contribution in [3.05, 3.63) is 29.8 Å². The second kappa shape index (κ2) is 5.76. The molecular weight excluding hydrogens is 186 g/mol. The number of aromatic hydroxyl groups is 1. The van der Waals surface area contributed by atoms with Gasteiger partial charge in [-0.1, -0.05) is 32.9 Å². The molecule has 0 unspecified atom stereocenters. The van der Waals surface area contributed by atoms with Gasteiger partial charge in [0.15, 0.2) is 0 Å². The highest BCUT2D eigenvalue weighted by Gasteiger charge is 2.05. The minimum absolute atomic E-state index is 0.328. The minimum Gasteiger partial charge on any atom is -0.508 e. The molecule has 0 aliphatic carbocycles. The predicted molar refractivity (Wildman–Crippen MR) is 63.8 cm³/mol. The molecule has 2 N–H and O–H groups in total. The number of benzene rings is 1. The molecule has 0 fully saturated rings. The van der Waals surface area contributed by atoms with Crippen molar-refractivity contribution in [1.29, 1.82) is 0 Å². The highest BCUT2D eigenvalue weighted by molar-refractivity contribution is 5.25. The van der Waals surface area contributed by atoms with Crippen LogP contribution in [0.4, 0.5) is 0 Å². The van der Waals surface area contributed by atoms with Crippen LogP contribution in [0.25, 0.3) is 0 Å². The average Bonchev–Trinajstić information content (AvgIpc) is 2.20. The zero-order valence-corrected chi connectivity index (χ0v) is 9.83. The molecule has 1 aromatic rings. The molecule has 1 atom stereocenters. The van der Waals surface area contributed by atoms with E-state index in [1.165, 1.54) is 5.56 Å². The number of hydrogen-bond acceptors (Lipinski definition) is 2. The van der Waals surface area contributed by atoms with Crippen LogP contribution in [0.3, 0.4) is 0 Å². The fourth-order valence-electron chi connectivity index (χ4n) is 1.29. The third-order valence-corrected chi connectivity index (χ3v) is 2.87. The Hall–Kier alpha value is -1.02. The number of rotatable bonds is 5. The van der Waals surface area contributed by atoms with E-state index in [-0.39, 0.29) is 0 Å². The van der Waals surface area contributed by atoms with Crippen LogP contribution in [0.5, 0.6) is 5.75 Å². The maximum atomic E-state index is 9.12. The molecule has 0 heterocycles. The summed E-state index contributed by atoms with van der Waals surface area (Å²) >= 11 is 0. The largest absolute Gasteiger partial charge is 0.508 e. The standard InChI is InChI=1S/C13H21NO/c1-10(2)11(3)8-14-9-12-4-6-13(15)7-5-12/h4-7,10-11,14-15H,8-9H2,1-3H3/t11-/m1/s1. The zero-order valence-electron chi connectivity index (χ0n) is 9.83. The Bertz CT molecular complexity index is 279. The van der Waals surface area contributed by atoms with Gasteiger partial charge in [0.2, 0.25) is 0 Å². The van der Waals surface area contributed by atoms with Crippen molar-refractivity contribution in [3.8, 4) is 5.75 Å². The molecule has 0 aliphatic rings. The molecule has 0 saturated carbocycles. The van der Waals surface area contributed by atoms with Crippen molar-refractivity contribution in [1.82, 2.24) is 5.32 Å². The van der Waals surface area contributed by atoms with Crippen LogP contribution >= 0.6 is 0 Å². The van der Waals surface area contributed by atoms with E-state index >= 15 is 0 Å². The number of phenolic OH excluding ortho intramolecular Hbond substituents is 1. The maximum absolute atomic E-state index is 9.12. The Morgan fingerprint density at radius 1 is 1.13 bits per heavy atom. The molecule has 84 valence electrons. The van der Waals surface area contributed by atoms with E-state index in [2.05, 4.69) is 26.1 Å². The predicted octanol–water partition coefficient (Wildman–Crippen LogP) is 2.77. The number of nitrogens with one attached hydrogen (secondary N) is 1. The molecule has 0 spiro atoms. The summed E-state index contributed by atoms with van der Waals surface area (Å²) in [6, 6.07) is 7.34. The first-order valence-electron chi connectivity index (χ1n) is 5.58. The summed E-state index contributed by atoms with van der Waals surface area (Å²) in [7, 11) is 0. The van der Waals surface area contributed by atoms with Gasteiger partial charge in [0.1, 0.15) is 5.75 Å². The Kier molecular flexibility index (Phi) is 4.63. The van der Waals surface area contributed by atoms with E-state index in [4.69, 9.17) is 5.11 Å². The lowest BCUT2D eigenvalue weighted by Crippen LogP contribution is -2.23. The quantitative estimate of drug-likeness (QED) is 0.778. The van der Waals surface area contributed by atoms with Gasteiger partial charge in [0.05, 0.1) is 0 Å². The molecule has 1 rings (SSSR count). The fraction of sp³-hybridized carbons (Fsp3) is 0.538. The molecule has 15 heavy (non-hydrogen) atoms. The topological polar surface area (TPSA) is 32.3 Å². The third-order valence-electron chi connectivity index (χ3n) is 2.87. The number of hydrogen-bond donors (Lipinski definition) is 2. The van der Waals surface area contributed by atoms with Crippen molar-refractivity contribution >= 4 is 0 Å². The molecule has 1 aromatic carbocycles. The van der Waals surface area contributed by atoms with E-state index < -0.39 is 0 Å². The summed E-state index contributed by atoms with van der Waals surface area (Å²) in [5.74, 6) is 1.74. The van der Waals surface area contributed by atoms with E-state index in [1.807, 2.05) is 12.1 Å². The molecule has 0 saturated heterocycles. The first-order valence-corrected chi connectivity index (χ1v) is 5.58. The third kappa shape index (κ3) is 4.34. The molecule has 2 heteroatoms. The van der Waals surface area contributed by atoms with E-state index in [1.54, 1.807) is 12.1 Å². The van der Waals surface area contributed by atoms with Crippen molar-refractivity contribution in [3.63, 3.8) is 0 Å². The van der Waals surface area contributed by atoms with Gasteiger partial charge in [-0.2, -0.15) is 0 Å². The molecule has 2 nitrogen and oxygen atoms in total. The summed E-state index contributed by atoms with van der Waals surface area (Å²) in [6.45, 7) is 8.66. The maximum Gasteiger partial charge on any atom is 0.115 e. The van der Waals surface area contributed by atoms with Gasteiger partial charge in [-0.3, -0.25) is 0 Å². The van der Waals surface area contributed by atoms with Crippen LogP contribution < -0.4 is 5.32 Å². The van der Waals surface area contributed by atoms with Crippen LogP contribution in [0, 0.1) is 11.8 Å². The smallest absolute Gasteiger partial charge is 0.115 e. The normalized spacial score (nSPS) is 13.1. The minimum atomic E-state index is 0.328. The van der Waals surface area contributed by atoms with Gasteiger partial charge in [0.25, 0.3) is 0 Å². The van der Waals surface area contributed by atoms with Crippen LogP contribution in [-0.2, 0) is 6.54 Å². The molecule has 0 bridgehead atoms. The van der Waals surface area contributed by atoms with Crippen LogP contribution in [0.2, 0.25) is 0 Å². The molecular formula is C13H21NO. The second-order valence-corrected chi connectivity index (χ2v) is 4.52. The summed E-state index contributed by atoms with van der Waals surface area (Å²) < 4.78 is 0. The Morgan fingerprint density at radius 3 is 2.27 bits per heavy atom. The zero-order chi connectivity index (χ0) is 11.3. The van der Waals surface area contributed by atoms with Crippen molar-refractivity contribution in [2.75, 3.05) is 6.54 Å². The Balaban J connectivity index is 2.29. The lowest BCUT2D eigenvalue weighted by Gasteiger charge is -2.16. The van der Waals surface area contributed by atoms with Crippen LogP contribution in [0.1, 0.15) is 26.3 Å². The van der Waals surface area contributed by atoms with Crippen LogP contribution in [-0.4, -0.2) is 11.7 Å². The van der Waals surface area contributed by atoms with Crippen molar-refractivity contribution in [2.45, 2.75) is 27.3 Å². The highest BCUT2D eigenvalue weighted by Crippen LogP contribution is 2.10. The SMILES string of the molecule is CC(C)[C@H](C)CNCc1ccc(O)cc1. The molecule has 0 aliphatic heterocycles.